The van der Waals surface area contributed by atoms with Crippen molar-refractivity contribution < 1.29 is 0 Å². The lowest BCUT2D eigenvalue weighted by Crippen LogP contribution is -1.73. The summed E-state index contributed by atoms with van der Waals surface area (Å²) in [5, 5.41) is 1.20. The lowest BCUT2D eigenvalue weighted by Gasteiger charge is -1.91. The lowest BCUT2D eigenvalue weighted by atomic mass is 10.2. The number of pyridine rings is 1. The summed E-state index contributed by atoms with van der Waals surface area (Å²) in [6.45, 7) is 0. The fraction of sp³-hybridized carbons (Fsp3) is 0. The van der Waals surface area contributed by atoms with Gasteiger partial charge < -0.3 is 0 Å². The molecule has 3 heteroatoms. The number of hydrogen-bond donors (Lipinski definition) is 0. The van der Waals surface area contributed by atoms with Crippen molar-refractivity contribution >= 4 is 44.9 Å². The maximum Gasteiger partial charge on any atom is 0.0701 e. The van der Waals surface area contributed by atoms with E-state index in [2.05, 4.69) is 17.1 Å². The van der Waals surface area contributed by atoms with Gasteiger partial charge in [0.25, 0.3) is 0 Å². The molecule has 0 bridgehead atoms. The molecule has 1 nitrogen and oxygen atoms in total. The van der Waals surface area contributed by atoms with E-state index in [1.54, 1.807) is 0 Å². The third-order valence-electron chi connectivity index (χ3n) is 1.51. The Morgan fingerprint density at radius 2 is 1.50 bits per heavy atom. The maximum absolute atomic E-state index is 4.18. The fourth-order valence-electron chi connectivity index (χ4n) is 1.02. The Hall–Kier alpha value is -0.410. The molecule has 0 spiro atoms. The van der Waals surface area contributed by atoms with Gasteiger partial charge in [0.05, 0.1) is 5.52 Å². The van der Waals surface area contributed by atoms with Crippen LogP contribution in [0.2, 0.25) is 0 Å². The quantitative estimate of drug-likeness (QED) is 0.725. The van der Waals surface area contributed by atoms with E-state index >= 15 is 0 Å². The molecular formula is C9H9Br2N. The van der Waals surface area contributed by atoms with Gasteiger partial charge in [-0.05, 0) is 12.1 Å². The van der Waals surface area contributed by atoms with Crippen LogP contribution in [0.15, 0.2) is 42.6 Å². The predicted octanol–water partition coefficient (Wildman–Crippen LogP) is 3.39. The Bertz CT molecular complexity index is 284. The topological polar surface area (TPSA) is 12.9 Å². The molecule has 0 radical (unpaired) electrons. The SMILES string of the molecule is Br.Br.c1ccc2ncccc2c1. The number of benzene rings is 1. The van der Waals surface area contributed by atoms with Crippen LogP contribution >= 0.6 is 34.0 Å². The molecule has 1 heterocycles. The predicted molar refractivity (Wildman–Crippen MR) is 62.4 cm³/mol. The molecule has 0 N–H and O–H groups in total. The van der Waals surface area contributed by atoms with Crippen LogP contribution in [-0.2, 0) is 0 Å². The molecule has 0 aliphatic carbocycles. The number of fused-ring (bicyclic) bond motifs is 1. The summed E-state index contributed by atoms with van der Waals surface area (Å²) in [6, 6.07) is 12.1. The van der Waals surface area contributed by atoms with E-state index < -0.39 is 0 Å². The Kier molecular flexibility index (Phi) is 5.09. The first-order valence-corrected chi connectivity index (χ1v) is 3.26. The molecule has 12 heavy (non-hydrogen) atoms. The number of halogens is 2. The maximum atomic E-state index is 4.18. The van der Waals surface area contributed by atoms with Crippen molar-refractivity contribution in [2.45, 2.75) is 0 Å². The Morgan fingerprint density at radius 1 is 0.833 bits per heavy atom. The average molecular weight is 291 g/mol. The first-order chi connectivity index (χ1) is 4.97. The summed E-state index contributed by atoms with van der Waals surface area (Å²) in [4.78, 5) is 4.18. The molecule has 0 amide bonds. The minimum atomic E-state index is 0. The van der Waals surface area contributed by atoms with Gasteiger partial charge >= 0.3 is 0 Å². The Balaban J connectivity index is 0.000000605. The molecule has 0 saturated carbocycles. The summed E-state index contributed by atoms with van der Waals surface area (Å²) in [5.41, 5.74) is 1.06. The van der Waals surface area contributed by atoms with Crippen LogP contribution in [-0.4, -0.2) is 4.98 Å². The minimum Gasteiger partial charge on any atom is -0.256 e. The molecule has 0 fully saturated rings. The second-order valence-corrected chi connectivity index (χ2v) is 2.20. The van der Waals surface area contributed by atoms with Crippen LogP contribution in [0.4, 0.5) is 0 Å². The first-order valence-electron chi connectivity index (χ1n) is 3.26. The van der Waals surface area contributed by atoms with Crippen LogP contribution in [0.3, 0.4) is 0 Å². The van der Waals surface area contributed by atoms with Gasteiger partial charge in [-0.2, -0.15) is 0 Å². The normalized spacial score (nSPS) is 8.33. The largest absolute Gasteiger partial charge is 0.256 e. The summed E-state index contributed by atoms with van der Waals surface area (Å²) in [5.74, 6) is 0. The molecule has 2 aromatic rings. The third-order valence-corrected chi connectivity index (χ3v) is 1.51. The van der Waals surface area contributed by atoms with Gasteiger partial charge in [0.1, 0.15) is 0 Å². The van der Waals surface area contributed by atoms with Crippen molar-refractivity contribution in [2.75, 3.05) is 0 Å². The van der Waals surface area contributed by atoms with Crippen molar-refractivity contribution in [3.05, 3.63) is 42.6 Å². The van der Waals surface area contributed by atoms with Crippen molar-refractivity contribution in [1.82, 2.24) is 4.98 Å². The second kappa shape index (κ2) is 5.27. The molecular weight excluding hydrogens is 282 g/mol. The average Bonchev–Trinajstić information content (AvgIpc) is 2.05. The number of nitrogens with zero attached hydrogens (tertiary/aromatic N) is 1. The zero-order valence-electron chi connectivity index (χ0n) is 6.31. The number of rotatable bonds is 0. The lowest BCUT2D eigenvalue weighted by molar-refractivity contribution is 1.41. The zero-order chi connectivity index (χ0) is 6.81. The number of aromatic nitrogens is 1. The van der Waals surface area contributed by atoms with E-state index in [4.69, 9.17) is 0 Å². The van der Waals surface area contributed by atoms with Crippen molar-refractivity contribution in [1.29, 1.82) is 0 Å². The minimum absolute atomic E-state index is 0. The highest BCUT2D eigenvalue weighted by Gasteiger charge is 1.86. The highest BCUT2D eigenvalue weighted by molar-refractivity contribution is 8.93. The van der Waals surface area contributed by atoms with Crippen LogP contribution in [0, 0.1) is 0 Å². The van der Waals surface area contributed by atoms with Crippen LogP contribution in [0.25, 0.3) is 10.9 Å². The van der Waals surface area contributed by atoms with E-state index in [9.17, 15) is 0 Å². The van der Waals surface area contributed by atoms with Gasteiger partial charge in [0.15, 0.2) is 0 Å². The van der Waals surface area contributed by atoms with Crippen LogP contribution in [0.5, 0.6) is 0 Å². The van der Waals surface area contributed by atoms with Gasteiger partial charge in [-0.1, -0.05) is 24.3 Å². The van der Waals surface area contributed by atoms with E-state index in [1.807, 2.05) is 30.5 Å². The monoisotopic (exact) mass is 289 g/mol. The molecule has 0 atom stereocenters. The summed E-state index contributed by atoms with van der Waals surface area (Å²) >= 11 is 0. The Labute approximate surface area is 92.4 Å². The Morgan fingerprint density at radius 3 is 2.25 bits per heavy atom. The van der Waals surface area contributed by atoms with E-state index in [0.717, 1.165) is 5.52 Å². The van der Waals surface area contributed by atoms with Gasteiger partial charge in [-0.3, -0.25) is 4.98 Å². The smallest absolute Gasteiger partial charge is 0.0701 e. The summed E-state index contributed by atoms with van der Waals surface area (Å²) in [6.07, 6.45) is 1.81. The van der Waals surface area contributed by atoms with E-state index in [1.165, 1.54) is 5.39 Å². The van der Waals surface area contributed by atoms with Crippen molar-refractivity contribution in [3.63, 3.8) is 0 Å². The molecule has 0 aliphatic heterocycles. The molecule has 2 rings (SSSR count). The highest BCUT2D eigenvalue weighted by atomic mass is 79.9. The van der Waals surface area contributed by atoms with Gasteiger partial charge in [0.2, 0.25) is 0 Å². The van der Waals surface area contributed by atoms with Gasteiger partial charge in [-0.15, -0.1) is 34.0 Å². The zero-order valence-corrected chi connectivity index (χ0v) is 9.73. The van der Waals surface area contributed by atoms with E-state index in [-0.39, 0.29) is 34.0 Å². The third kappa shape index (κ3) is 2.29. The first kappa shape index (κ1) is 11.6. The number of para-hydroxylation sites is 1. The van der Waals surface area contributed by atoms with Gasteiger partial charge in [0, 0.05) is 11.6 Å². The molecule has 0 saturated heterocycles. The van der Waals surface area contributed by atoms with Crippen LogP contribution in [0.1, 0.15) is 0 Å². The summed E-state index contributed by atoms with van der Waals surface area (Å²) < 4.78 is 0. The van der Waals surface area contributed by atoms with Crippen LogP contribution < -0.4 is 0 Å². The fourth-order valence-corrected chi connectivity index (χ4v) is 1.02. The van der Waals surface area contributed by atoms with E-state index in [0.29, 0.717) is 0 Å². The van der Waals surface area contributed by atoms with Crippen molar-refractivity contribution in [3.8, 4) is 0 Å². The molecule has 0 unspecified atom stereocenters. The standard InChI is InChI=1S/C9H7N.2BrH/c1-2-6-9-8(4-1)5-3-7-10-9;;/h1-7H;2*1H. The molecule has 1 aromatic carbocycles. The number of hydrogen-bond acceptors (Lipinski definition) is 1. The molecule has 64 valence electrons. The second-order valence-electron chi connectivity index (χ2n) is 2.20. The van der Waals surface area contributed by atoms with Gasteiger partial charge in [-0.25, -0.2) is 0 Å². The summed E-state index contributed by atoms with van der Waals surface area (Å²) in [7, 11) is 0. The van der Waals surface area contributed by atoms with Crippen molar-refractivity contribution in [2.24, 2.45) is 0 Å². The highest BCUT2D eigenvalue weighted by Crippen LogP contribution is 2.07. The molecule has 0 aliphatic rings. The molecule has 1 aromatic heterocycles.